The van der Waals surface area contributed by atoms with Gasteiger partial charge in [0, 0.05) is 22.2 Å². The molecule has 2 nitrogen and oxygen atoms in total. The van der Waals surface area contributed by atoms with Gasteiger partial charge in [-0.2, -0.15) is 0 Å². The van der Waals surface area contributed by atoms with Crippen molar-refractivity contribution in [3.8, 4) is 0 Å². The first-order chi connectivity index (χ1) is 7.58. The van der Waals surface area contributed by atoms with Crippen molar-refractivity contribution >= 4 is 40.1 Å². The van der Waals surface area contributed by atoms with E-state index < -0.39 is 0 Å². The van der Waals surface area contributed by atoms with E-state index in [4.69, 9.17) is 11.6 Å². The second-order valence-electron chi connectivity index (χ2n) is 4.27. The van der Waals surface area contributed by atoms with Gasteiger partial charge in [0.2, 0.25) is 0 Å². The SMILES string of the molecule is CC1CCN(C(=O)c2ccc(I)c(Cl)c2)C1. The number of rotatable bonds is 1. The predicted molar refractivity (Wildman–Crippen MR) is 73.9 cm³/mol. The molecule has 1 aromatic carbocycles. The summed E-state index contributed by atoms with van der Waals surface area (Å²) in [6, 6.07) is 5.49. The molecule has 86 valence electrons. The van der Waals surface area contributed by atoms with Crippen LogP contribution in [0.4, 0.5) is 0 Å². The van der Waals surface area contributed by atoms with E-state index in [1.807, 2.05) is 17.0 Å². The van der Waals surface area contributed by atoms with Gasteiger partial charge in [-0.15, -0.1) is 0 Å². The zero-order valence-corrected chi connectivity index (χ0v) is 12.0. The summed E-state index contributed by atoms with van der Waals surface area (Å²) in [6.45, 7) is 3.90. The highest BCUT2D eigenvalue weighted by molar-refractivity contribution is 14.1. The van der Waals surface area contributed by atoms with Crippen LogP contribution in [-0.4, -0.2) is 23.9 Å². The molecule has 1 saturated heterocycles. The Morgan fingerprint density at radius 1 is 1.56 bits per heavy atom. The topological polar surface area (TPSA) is 20.3 Å². The van der Waals surface area contributed by atoms with Crippen molar-refractivity contribution in [2.24, 2.45) is 5.92 Å². The molecule has 1 amide bonds. The molecule has 0 spiro atoms. The lowest BCUT2D eigenvalue weighted by Gasteiger charge is -2.16. The molecule has 0 saturated carbocycles. The maximum absolute atomic E-state index is 12.1. The van der Waals surface area contributed by atoms with E-state index in [0.717, 1.165) is 23.1 Å². The summed E-state index contributed by atoms with van der Waals surface area (Å²) < 4.78 is 0.977. The third-order valence-corrected chi connectivity index (χ3v) is 4.45. The van der Waals surface area contributed by atoms with Gasteiger partial charge in [0.25, 0.3) is 5.91 Å². The van der Waals surface area contributed by atoms with Gasteiger partial charge in [0.05, 0.1) is 5.02 Å². The summed E-state index contributed by atoms with van der Waals surface area (Å²) in [5, 5.41) is 0.652. The van der Waals surface area contributed by atoms with E-state index in [9.17, 15) is 4.79 Å². The first kappa shape index (κ1) is 12.2. The molecule has 0 aliphatic carbocycles. The number of amides is 1. The summed E-state index contributed by atoms with van der Waals surface area (Å²) in [4.78, 5) is 14.0. The van der Waals surface area contributed by atoms with E-state index >= 15 is 0 Å². The fourth-order valence-electron chi connectivity index (χ4n) is 1.93. The average molecular weight is 350 g/mol. The number of carbonyl (C=O) groups excluding carboxylic acids is 1. The van der Waals surface area contributed by atoms with Gasteiger partial charge in [0.15, 0.2) is 0 Å². The fourth-order valence-corrected chi connectivity index (χ4v) is 2.45. The van der Waals surface area contributed by atoms with Crippen LogP contribution in [0.15, 0.2) is 18.2 Å². The normalized spacial score (nSPS) is 20.2. The first-order valence-electron chi connectivity index (χ1n) is 5.32. The quantitative estimate of drug-likeness (QED) is 0.711. The minimum Gasteiger partial charge on any atom is -0.338 e. The van der Waals surface area contributed by atoms with Crippen LogP contribution in [0, 0.1) is 9.49 Å². The van der Waals surface area contributed by atoms with Crippen molar-refractivity contribution < 1.29 is 4.79 Å². The minimum absolute atomic E-state index is 0.0997. The van der Waals surface area contributed by atoms with Gasteiger partial charge >= 0.3 is 0 Å². The van der Waals surface area contributed by atoms with Crippen LogP contribution in [0.2, 0.25) is 5.02 Å². The number of nitrogens with zero attached hydrogens (tertiary/aromatic N) is 1. The van der Waals surface area contributed by atoms with Crippen LogP contribution >= 0.6 is 34.2 Å². The molecule has 1 atom stereocenters. The predicted octanol–water partition coefficient (Wildman–Crippen LogP) is 3.43. The van der Waals surface area contributed by atoms with Crippen LogP contribution in [0.3, 0.4) is 0 Å². The van der Waals surface area contributed by atoms with Crippen LogP contribution in [0.1, 0.15) is 23.7 Å². The summed E-state index contributed by atoms with van der Waals surface area (Å²) in [6.07, 6.45) is 1.10. The van der Waals surface area contributed by atoms with Crippen LogP contribution in [0.5, 0.6) is 0 Å². The van der Waals surface area contributed by atoms with Gasteiger partial charge in [-0.1, -0.05) is 18.5 Å². The molecule has 1 aliphatic rings. The Morgan fingerprint density at radius 2 is 2.31 bits per heavy atom. The van der Waals surface area contributed by atoms with Gasteiger partial charge in [-0.3, -0.25) is 4.79 Å². The van der Waals surface area contributed by atoms with Crippen molar-refractivity contribution in [1.82, 2.24) is 4.90 Å². The van der Waals surface area contributed by atoms with Crippen molar-refractivity contribution in [2.45, 2.75) is 13.3 Å². The van der Waals surface area contributed by atoms with Gasteiger partial charge in [0.1, 0.15) is 0 Å². The molecular formula is C12H13ClINO. The third-order valence-electron chi connectivity index (χ3n) is 2.88. The van der Waals surface area contributed by atoms with Crippen LogP contribution in [-0.2, 0) is 0 Å². The lowest BCUT2D eigenvalue weighted by molar-refractivity contribution is 0.0788. The minimum atomic E-state index is 0.0997. The lowest BCUT2D eigenvalue weighted by atomic mass is 10.2. The Balaban J connectivity index is 2.18. The number of carbonyl (C=O) groups is 1. The Labute approximate surface area is 114 Å². The molecule has 2 rings (SSSR count). The summed E-state index contributed by atoms with van der Waals surface area (Å²) in [5.74, 6) is 0.714. The van der Waals surface area contributed by atoms with E-state index in [1.54, 1.807) is 6.07 Å². The van der Waals surface area contributed by atoms with Crippen LogP contribution < -0.4 is 0 Å². The second-order valence-corrected chi connectivity index (χ2v) is 5.84. The second kappa shape index (κ2) is 4.92. The number of likely N-dealkylation sites (tertiary alicyclic amines) is 1. The monoisotopic (exact) mass is 349 g/mol. The molecule has 1 heterocycles. The Bertz CT molecular complexity index is 421. The molecule has 0 N–H and O–H groups in total. The standard InChI is InChI=1S/C12H13ClINO/c1-8-4-5-15(7-8)12(16)9-2-3-11(14)10(13)6-9/h2-3,6,8H,4-5,7H2,1H3. The molecule has 4 heteroatoms. The molecule has 0 radical (unpaired) electrons. The molecule has 0 aromatic heterocycles. The smallest absolute Gasteiger partial charge is 0.253 e. The number of hydrogen-bond donors (Lipinski definition) is 0. The van der Waals surface area contributed by atoms with Gasteiger partial charge in [-0.05, 0) is 53.1 Å². The third kappa shape index (κ3) is 2.51. The summed E-state index contributed by atoms with van der Waals surface area (Å²) in [7, 11) is 0. The van der Waals surface area contributed by atoms with Gasteiger partial charge in [-0.25, -0.2) is 0 Å². The largest absolute Gasteiger partial charge is 0.338 e. The molecular weight excluding hydrogens is 336 g/mol. The molecule has 1 aliphatic heterocycles. The fraction of sp³-hybridized carbons (Fsp3) is 0.417. The molecule has 1 aromatic rings. The van der Waals surface area contributed by atoms with Crippen molar-refractivity contribution in [3.63, 3.8) is 0 Å². The highest BCUT2D eigenvalue weighted by atomic mass is 127. The first-order valence-corrected chi connectivity index (χ1v) is 6.78. The Morgan fingerprint density at radius 3 is 2.88 bits per heavy atom. The number of halogens is 2. The maximum Gasteiger partial charge on any atom is 0.253 e. The Kier molecular flexibility index (Phi) is 3.74. The van der Waals surface area contributed by atoms with E-state index in [0.29, 0.717) is 16.5 Å². The summed E-state index contributed by atoms with van der Waals surface area (Å²) >= 11 is 8.17. The summed E-state index contributed by atoms with van der Waals surface area (Å²) in [5.41, 5.74) is 0.694. The highest BCUT2D eigenvalue weighted by Crippen LogP contribution is 2.22. The van der Waals surface area contributed by atoms with Crippen molar-refractivity contribution in [3.05, 3.63) is 32.4 Å². The number of benzene rings is 1. The Hall–Kier alpha value is -0.290. The maximum atomic E-state index is 12.1. The molecule has 1 fully saturated rings. The molecule has 0 bridgehead atoms. The van der Waals surface area contributed by atoms with E-state index in [2.05, 4.69) is 29.5 Å². The highest BCUT2D eigenvalue weighted by Gasteiger charge is 2.24. The van der Waals surface area contributed by atoms with Gasteiger partial charge < -0.3 is 4.90 Å². The van der Waals surface area contributed by atoms with E-state index in [-0.39, 0.29) is 5.91 Å². The average Bonchev–Trinajstić information content (AvgIpc) is 2.68. The van der Waals surface area contributed by atoms with Crippen molar-refractivity contribution in [2.75, 3.05) is 13.1 Å². The van der Waals surface area contributed by atoms with E-state index in [1.165, 1.54) is 0 Å². The zero-order valence-electron chi connectivity index (χ0n) is 9.04. The van der Waals surface area contributed by atoms with Crippen LogP contribution in [0.25, 0.3) is 0 Å². The lowest BCUT2D eigenvalue weighted by Crippen LogP contribution is -2.28. The zero-order chi connectivity index (χ0) is 11.7. The molecule has 16 heavy (non-hydrogen) atoms. The molecule has 1 unspecified atom stereocenters. The number of hydrogen-bond acceptors (Lipinski definition) is 1. The van der Waals surface area contributed by atoms with Crippen molar-refractivity contribution in [1.29, 1.82) is 0 Å².